The van der Waals surface area contributed by atoms with Crippen LogP contribution in [0.4, 0.5) is 5.95 Å². The van der Waals surface area contributed by atoms with E-state index in [1.807, 2.05) is 13.0 Å². The van der Waals surface area contributed by atoms with Gasteiger partial charge >= 0.3 is 5.97 Å². The lowest BCUT2D eigenvalue weighted by Gasteiger charge is -2.32. The Balaban J connectivity index is 2.16. The lowest BCUT2D eigenvalue weighted by atomic mass is 9.95. The van der Waals surface area contributed by atoms with E-state index in [0.717, 1.165) is 43.3 Å². The smallest absolute Gasteiger partial charge is 0.303 e. The number of nitrogens with zero attached hydrogens (tertiary/aromatic N) is 3. The van der Waals surface area contributed by atoms with Crippen LogP contribution in [0.25, 0.3) is 0 Å². The molecule has 1 aromatic heterocycles. The molecule has 0 aliphatic carbocycles. The van der Waals surface area contributed by atoms with E-state index in [1.165, 1.54) is 0 Å². The highest BCUT2D eigenvalue weighted by atomic mass is 16.4. The van der Waals surface area contributed by atoms with E-state index in [1.54, 1.807) is 0 Å². The molecule has 1 N–H and O–H groups in total. The Morgan fingerprint density at radius 2 is 2.25 bits per heavy atom. The molecule has 1 aliphatic rings. The molecule has 0 spiro atoms. The highest BCUT2D eigenvalue weighted by molar-refractivity contribution is 5.67. The van der Waals surface area contributed by atoms with Crippen molar-refractivity contribution in [1.29, 1.82) is 0 Å². The fourth-order valence-corrected chi connectivity index (χ4v) is 2.67. The van der Waals surface area contributed by atoms with Gasteiger partial charge in [0.2, 0.25) is 5.95 Å². The van der Waals surface area contributed by atoms with Gasteiger partial charge in [0.15, 0.2) is 0 Å². The Morgan fingerprint density at radius 3 is 2.90 bits per heavy atom. The van der Waals surface area contributed by atoms with Gasteiger partial charge in [-0.3, -0.25) is 4.79 Å². The SMILES string of the molecule is Cc1cc(C(C)C)nc(N2CCCC(CC(=O)O)C2)n1. The minimum atomic E-state index is -0.718. The number of aryl methyl sites for hydroxylation is 1. The van der Waals surface area contributed by atoms with E-state index in [4.69, 9.17) is 5.11 Å². The third-order valence-corrected chi connectivity index (χ3v) is 3.72. The van der Waals surface area contributed by atoms with Gasteiger partial charge in [0.05, 0.1) is 0 Å². The maximum atomic E-state index is 10.9. The molecular weight excluding hydrogens is 254 g/mol. The molecule has 1 atom stereocenters. The third-order valence-electron chi connectivity index (χ3n) is 3.72. The van der Waals surface area contributed by atoms with Crippen molar-refractivity contribution in [2.45, 2.75) is 46.0 Å². The monoisotopic (exact) mass is 277 g/mol. The summed E-state index contributed by atoms with van der Waals surface area (Å²) in [4.78, 5) is 22.2. The van der Waals surface area contributed by atoms with Crippen molar-refractivity contribution < 1.29 is 9.90 Å². The van der Waals surface area contributed by atoms with Gasteiger partial charge in [-0.1, -0.05) is 13.8 Å². The van der Waals surface area contributed by atoms with Crippen molar-refractivity contribution in [2.75, 3.05) is 18.0 Å². The first kappa shape index (κ1) is 14.8. The van der Waals surface area contributed by atoms with Gasteiger partial charge < -0.3 is 10.0 Å². The molecular formula is C15H23N3O2. The van der Waals surface area contributed by atoms with Gasteiger partial charge in [-0.2, -0.15) is 0 Å². The molecule has 2 heterocycles. The van der Waals surface area contributed by atoms with E-state index >= 15 is 0 Å². The lowest BCUT2D eigenvalue weighted by Crippen LogP contribution is -2.37. The first-order valence-corrected chi connectivity index (χ1v) is 7.28. The number of anilines is 1. The largest absolute Gasteiger partial charge is 0.481 e. The van der Waals surface area contributed by atoms with Gasteiger partial charge in [-0.05, 0) is 37.7 Å². The Labute approximate surface area is 120 Å². The Kier molecular flexibility index (Phi) is 4.57. The van der Waals surface area contributed by atoms with E-state index in [9.17, 15) is 4.79 Å². The number of carbonyl (C=O) groups is 1. The summed E-state index contributed by atoms with van der Waals surface area (Å²) in [5.74, 6) is 0.608. The number of aliphatic carboxylic acids is 1. The molecule has 0 aromatic carbocycles. The van der Waals surface area contributed by atoms with Crippen molar-refractivity contribution in [3.05, 3.63) is 17.5 Å². The standard InChI is InChI=1S/C15H23N3O2/c1-10(2)13-7-11(3)16-15(17-13)18-6-4-5-12(9-18)8-14(19)20/h7,10,12H,4-6,8-9H2,1-3H3,(H,19,20). The summed E-state index contributed by atoms with van der Waals surface area (Å²) in [6.07, 6.45) is 2.22. The van der Waals surface area contributed by atoms with Gasteiger partial charge in [0.1, 0.15) is 0 Å². The first-order chi connectivity index (χ1) is 9.45. The predicted molar refractivity (Wildman–Crippen MR) is 78.0 cm³/mol. The predicted octanol–water partition coefficient (Wildman–Crippen LogP) is 2.60. The van der Waals surface area contributed by atoms with Crippen molar-refractivity contribution in [2.24, 2.45) is 5.92 Å². The topological polar surface area (TPSA) is 66.3 Å². The summed E-state index contributed by atoms with van der Waals surface area (Å²) in [6.45, 7) is 7.88. The lowest BCUT2D eigenvalue weighted by molar-refractivity contribution is -0.138. The quantitative estimate of drug-likeness (QED) is 0.916. The summed E-state index contributed by atoms with van der Waals surface area (Å²) < 4.78 is 0. The summed E-state index contributed by atoms with van der Waals surface area (Å²) in [6, 6.07) is 2.02. The average Bonchev–Trinajstić information content (AvgIpc) is 2.37. The van der Waals surface area contributed by atoms with Crippen molar-refractivity contribution in [1.82, 2.24) is 9.97 Å². The number of piperidine rings is 1. The van der Waals surface area contributed by atoms with E-state index in [0.29, 0.717) is 5.92 Å². The minimum absolute atomic E-state index is 0.202. The molecule has 1 aliphatic heterocycles. The molecule has 5 heteroatoms. The van der Waals surface area contributed by atoms with Crippen LogP contribution in [0, 0.1) is 12.8 Å². The van der Waals surface area contributed by atoms with Crippen LogP contribution in [0.3, 0.4) is 0 Å². The van der Waals surface area contributed by atoms with E-state index in [-0.39, 0.29) is 12.3 Å². The van der Waals surface area contributed by atoms with Gasteiger partial charge in [-0.15, -0.1) is 0 Å². The summed E-state index contributed by atoms with van der Waals surface area (Å²) in [5, 5.41) is 8.93. The third kappa shape index (κ3) is 3.68. The van der Waals surface area contributed by atoms with E-state index in [2.05, 4.69) is 28.7 Å². The number of hydrogen-bond donors (Lipinski definition) is 1. The fraction of sp³-hybridized carbons (Fsp3) is 0.667. The summed E-state index contributed by atoms with van der Waals surface area (Å²) in [5.41, 5.74) is 2.02. The van der Waals surface area contributed by atoms with Gasteiger partial charge in [-0.25, -0.2) is 9.97 Å². The number of carboxylic acids is 1. The number of aromatic nitrogens is 2. The van der Waals surface area contributed by atoms with Crippen LogP contribution in [0.5, 0.6) is 0 Å². The van der Waals surface area contributed by atoms with Crippen LogP contribution in [-0.4, -0.2) is 34.1 Å². The van der Waals surface area contributed by atoms with Crippen molar-refractivity contribution in [3.8, 4) is 0 Å². The maximum Gasteiger partial charge on any atom is 0.303 e. The van der Waals surface area contributed by atoms with Crippen LogP contribution >= 0.6 is 0 Å². The van der Waals surface area contributed by atoms with Crippen LogP contribution in [0.15, 0.2) is 6.07 Å². The molecule has 110 valence electrons. The molecule has 2 rings (SSSR count). The minimum Gasteiger partial charge on any atom is -0.481 e. The Hall–Kier alpha value is -1.65. The molecule has 0 bridgehead atoms. The van der Waals surface area contributed by atoms with E-state index < -0.39 is 5.97 Å². The van der Waals surface area contributed by atoms with Crippen LogP contribution < -0.4 is 4.90 Å². The zero-order valence-corrected chi connectivity index (χ0v) is 12.5. The van der Waals surface area contributed by atoms with Crippen molar-refractivity contribution >= 4 is 11.9 Å². The summed E-state index contributed by atoms with van der Waals surface area (Å²) >= 11 is 0. The fourth-order valence-electron chi connectivity index (χ4n) is 2.67. The molecule has 1 unspecified atom stereocenters. The zero-order valence-electron chi connectivity index (χ0n) is 12.5. The normalized spacial score (nSPS) is 19.4. The molecule has 0 radical (unpaired) electrons. The molecule has 1 saturated heterocycles. The second kappa shape index (κ2) is 6.20. The van der Waals surface area contributed by atoms with Crippen LogP contribution in [0.2, 0.25) is 0 Å². The van der Waals surface area contributed by atoms with Crippen LogP contribution in [0.1, 0.15) is 50.4 Å². The molecule has 1 fully saturated rings. The summed E-state index contributed by atoms with van der Waals surface area (Å²) in [7, 11) is 0. The number of hydrogen-bond acceptors (Lipinski definition) is 4. The molecule has 1 aromatic rings. The van der Waals surface area contributed by atoms with Crippen LogP contribution in [-0.2, 0) is 4.79 Å². The molecule has 20 heavy (non-hydrogen) atoms. The maximum absolute atomic E-state index is 10.9. The zero-order chi connectivity index (χ0) is 14.7. The Bertz CT molecular complexity index is 488. The highest BCUT2D eigenvalue weighted by Gasteiger charge is 2.24. The van der Waals surface area contributed by atoms with Gasteiger partial charge in [0.25, 0.3) is 0 Å². The van der Waals surface area contributed by atoms with Crippen molar-refractivity contribution in [3.63, 3.8) is 0 Å². The second-order valence-corrected chi connectivity index (χ2v) is 5.94. The number of carboxylic acid groups (broad SMARTS) is 1. The molecule has 0 saturated carbocycles. The number of rotatable bonds is 4. The first-order valence-electron chi connectivity index (χ1n) is 7.28. The highest BCUT2D eigenvalue weighted by Crippen LogP contribution is 2.24. The second-order valence-electron chi connectivity index (χ2n) is 5.94. The average molecular weight is 277 g/mol. The molecule has 0 amide bonds. The Morgan fingerprint density at radius 1 is 1.50 bits per heavy atom. The molecule has 5 nitrogen and oxygen atoms in total. The van der Waals surface area contributed by atoms with Gasteiger partial charge in [0, 0.05) is 30.9 Å².